The molecule has 0 fully saturated rings. The molecule has 0 aromatic heterocycles. The summed E-state index contributed by atoms with van der Waals surface area (Å²) in [6.45, 7) is 2.19. The minimum absolute atomic E-state index is 0.0331. The second-order valence-corrected chi connectivity index (χ2v) is 13.6. The lowest BCUT2D eigenvalue weighted by Crippen LogP contribution is -2.26. The Kier molecular flexibility index (Phi) is 9.62. The van der Waals surface area contributed by atoms with Crippen molar-refractivity contribution in [3.8, 4) is 5.75 Å². The van der Waals surface area contributed by atoms with Gasteiger partial charge in [0.25, 0.3) is 5.78 Å². The zero-order valence-corrected chi connectivity index (χ0v) is 26.3. The van der Waals surface area contributed by atoms with Crippen LogP contribution in [0, 0.1) is 13.8 Å². The Morgan fingerprint density at radius 3 is 1.87 bits per heavy atom. The maximum Gasteiger partial charge on any atom is 0.364 e. The SMILES string of the molecule is Cc1cc([S+](c2ccccc2)c2ccccc2)cc(C)c1OCC(=O)OCC(=O)OS(=O)(=O)C1=CC(=[N+]=[N-])C(=O)c2ccccc21. The maximum absolute atomic E-state index is 12.9. The lowest BCUT2D eigenvalue weighted by Gasteiger charge is -2.15. The summed E-state index contributed by atoms with van der Waals surface area (Å²) in [4.78, 5) is 42.8. The molecule has 4 aromatic rings. The highest BCUT2D eigenvalue weighted by molar-refractivity contribution is 7.97. The van der Waals surface area contributed by atoms with E-state index in [9.17, 15) is 22.8 Å². The van der Waals surface area contributed by atoms with E-state index in [1.165, 1.54) is 24.3 Å². The van der Waals surface area contributed by atoms with Crippen molar-refractivity contribution in [1.82, 2.24) is 0 Å². The second-order valence-electron chi connectivity index (χ2n) is 10.0. The number of ketones is 1. The molecule has 0 saturated carbocycles. The molecule has 0 saturated heterocycles. The van der Waals surface area contributed by atoms with Gasteiger partial charge in [0, 0.05) is 23.3 Å². The van der Waals surface area contributed by atoms with Gasteiger partial charge in [-0.05, 0) is 49.2 Å². The van der Waals surface area contributed by atoms with Crippen LogP contribution in [0.25, 0.3) is 10.4 Å². The van der Waals surface area contributed by atoms with E-state index in [1.54, 1.807) is 0 Å². The molecule has 4 aromatic carbocycles. The van der Waals surface area contributed by atoms with Gasteiger partial charge in [-0.3, -0.25) is 4.79 Å². The van der Waals surface area contributed by atoms with Crippen LogP contribution in [-0.2, 0) is 39.5 Å². The Labute approximate surface area is 268 Å². The zero-order valence-electron chi connectivity index (χ0n) is 24.7. The molecule has 0 radical (unpaired) electrons. The fourth-order valence-corrected chi connectivity index (χ4v) is 8.21. The zero-order chi connectivity index (χ0) is 32.8. The Hall–Kier alpha value is -5.29. The number of esters is 1. The van der Waals surface area contributed by atoms with Crippen LogP contribution in [0.5, 0.6) is 5.75 Å². The third-order valence-electron chi connectivity index (χ3n) is 6.83. The van der Waals surface area contributed by atoms with Gasteiger partial charge < -0.3 is 19.2 Å². The first-order valence-electron chi connectivity index (χ1n) is 13.9. The fraction of sp³-hybridized carbons (Fsp3) is 0.118. The van der Waals surface area contributed by atoms with Gasteiger partial charge in [-0.15, -0.1) is 0 Å². The van der Waals surface area contributed by atoms with Gasteiger partial charge in [-0.1, -0.05) is 60.7 Å². The minimum atomic E-state index is -4.78. The number of hydrogen-bond acceptors (Lipinski definition) is 8. The van der Waals surface area contributed by atoms with Crippen molar-refractivity contribution >= 4 is 49.4 Å². The van der Waals surface area contributed by atoms with Crippen LogP contribution in [0.1, 0.15) is 27.0 Å². The summed E-state index contributed by atoms with van der Waals surface area (Å²) in [5.74, 6) is -2.52. The summed E-state index contributed by atoms with van der Waals surface area (Å²) in [7, 11) is -5.16. The standard InChI is InChI=1S/C34H27N2O8S2/c1-22-17-26(45(24-11-5-3-6-12-24)25-13-7-4-8-14-25)18-23(2)34(22)43-20-31(37)42-21-32(38)44-46(40,41)30-19-29(36-35)33(39)28-16-10-9-15-27(28)30/h3-19H,20-21H2,1-2H3/q+1. The Morgan fingerprint density at radius 2 is 1.30 bits per heavy atom. The van der Waals surface area contributed by atoms with Gasteiger partial charge in [0.05, 0.1) is 17.0 Å². The third kappa shape index (κ3) is 7.00. The van der Waals surface area contributed by atoms with E-state index in [1.807, 2.05) is 62.4 Å². The van der Waals surface area contributed by atoms with Crippen LogP contribution in [0.4, 0.5) is 0 Å². The van der Waals surface area contributed by atoms with E-state index < -0.39 is 51.7 Å². The number of fused-ring (bicyclic) bond motifs is 1. The fourth-order valence-electron chi connectivity index (χ4n) is 4.86. The minimum Gasteiger partial charge on any atom is -0.481 e. The van der Waals surface area contributed by atoms with Gasteiger partial charge in [0.15, 0.2) is 27.9 Å². The van der Waals surface area contributed by atoms with Crippen LogP contribution in [0.2, 0.25) is 0 Å². The summed E-state index contributed by atoms with van der Waals surface area (Å²) >= 11 is 0. The number of carbonyl (C=O) groups excluding carboxylic acids is 3. The van der Waals surface area contributed by atoms with Crippen molar-refractivity contribution in [2.45, 2.75) is 28.5 Å². The first-order valence-corrected chi connectivity index (χ1v) is 16.5. The van der Waals surface area contributed by atoms with Gasteiger partial charge in [0.1, 0.15) is 10.7 Å². The molecule has 0 heterocycles. The highest BCUT2D eigenvalue weighted by Crippen LogP contribution is 2.35. The molecule has 0 aliphatic heterocycles. The van der Waals surface area contributed by atoms with Crippen LogP contribution in [0.15, 0.2) is 118 Å². The summed E-state index contributed by atoms with van der Waals surface area (Å²) < 4.78 is 41.1. The van der Waals surface area contributed by atoms with Gasteiger partial charge >= 0.3 is 27.8 Å². The molecule has 0 unspecified atom stereocenters. The molecule has 0 bridgehead atoms. The van der Waals surface area contributed by atoms with Crippen LogP contribution >= 0.6 is 0 Å². The molecule has 232 valence electrons. The normalized spacial score (nSPS) is 12.5. The lowest BCUT2D eigenvalue weighted by atomic mass is 9.95. The van der Waals surface area contributed by atoms with Crippen molar-refractivity contribution in [1.29, 1.82) is 0 Å². The third-order valence-corrected chi connectivity index (χ3v) is 10.3. The first-order chi connectivity index (χ1) is 22.1. The van der Waals surface area contributed by atoms with E-state index in [0.717, 1.165) is 31.9 Å². The van der Waals surface area contributed by atoms with Crippen molar-refractivity contribution in [2.24, 2.45) is 0 Å². The average molecular weight is 656 g/mol. The number of ether oxygens (including phenoxy) is 2. The number of rotatable bonds is 10. The Balaban J connectivity index is 1.23. The second kappa shape index (κ2) is 13.8. The predicted molar refractivity (Wildman–Crippen MR) is 170 cm³/mol. The summed E-state index contributed by atoms with van der Waals surface area (Å²) in [6.07, 6.45) is 0.797. The first kappa shape index (κ1) is 32.1. The van der Waals surface area contributed by atoms with Crippen LogP contribution < -0.4 is 4.74 Å². The smallest absolute Gasteiger partial charge is 0.364 e. The van der Waals surface area contributed by atoms with E-state index >= 15 is 0 Å². The Bertz CT molecular complexity index is 1960. The molecule has 0 N–H and O–H groups in total. The lowest BCUT2D eigenvalue weighted by molar-refractivity contribution is -0.154. The van der Waals surface area contributed by atoms with Crippen LogP contribution in [0.3, 0.4) is 0 Å². The molecule has 46 heavy (non-hydrogen) atoms. The molecule has 10 nitrogen and oxygen atoms in total. The number of hydrogen-bond donors (Lipinski definition) is 0. The predicted octanol–water partition coefficient (Wildman–Crippen LogP) is 5.10. The van der Waals surface area contributed by atoms with Crippen molar-refractivity contribution in [3.63, 3.8) is 0 Å². The van der Waals surface area contributed by atoms with Gasteiger partial charge in [-0.2, -0.15) is 13.2 Å². The summed E-state index contributed by atoms with van der Waals surface area (Å²) in [6, 6.07) is 30.0. The quantitative estimate of drug-likeness (QED) is 0.0753. The van der Waals surface area contributed by atoms with E-state index in [0.29, 0.717) is 5.75 Å². The highest BCUT2D eigenvalue weighted by atomic mass is 32.2. The molecule has 0 atom stereocenters. The molecule has 5 rings (SSSR count). The average Bonchev–Trinajstić information content (AvgIpc) is 3.04. The molecule has 0 amide bonds. The maximum atomic E-state index is 12.9. The monoisotopic (exact) mass is 655 g/mol. The molecule has 0 spiro atoms. The largest absolute Gasteiger partial charge is 0.481 e. The molecule has 1 aliphatic carbocycles. The summed E-state index contributed by atoms with van der Waals surface area (Å²) in [5, 5.41) is 0. The van der Waals surface area contributed by atoms with E-state index in [4.69, 9.17) is 15.0 Å². The number of allylic oxidation sites excluding steroid dienone is 1. The Morgan fingerprint density at radius 1 is 0.761 bits per heavy atom. The number of benzene rings is 4. The molecular weight excluding hydrogens is 629 g/mol. The van der Waals surface area contributed by atoms with E-state index in [2.05, 4.69) is 33.2 Å². The van der Waals surface area contributed by atoms with E-state index in [-0.39, 0.29) is 22.0 Å². The van der Waals surface area contributed by atoms with Crippen molar-refractivity contribution < 1.29 is 41.2 Å². The van der Waals surface area contributed by atoms with Gasteiger partial charge in [0.2, 0.25) is 0 Å². The van der Waals surface area contributed by atoms with Crippen LogP contribution in [-0.4, -0.2) is 49.9 Å². The van der Waals surface area contributed by atoms with Crippen molar-refractivity contribution in [2.75, 3.05) is 13.2 Å². The molecule has 1 aliphatic rings. The number of nitrogens with zero attached hydrogens (tertiary/aromatic N) is 2. The highest BCUT2D eigenvalue weighted by Gasteiger charge is 2.37. The number of carbonyl (C=O) groups is 3. The molecule has 12 heteroatoms. The number of aryl methyl sites for hydroxylation is 2. The topological polar surface area (TPSA) is 149 Å². The van der Waals surface area contributed by atoms with Gasteiger partial charge in [-0.25, -0.2) is 9.59 Å². The molecular formula is C34H27N2O8S2+. The van der Waals surface area contributed by atoms with Crippen molar-refractivity contribution in [3.05, 3.63) is 131 Å². The number of Topliss-reactive ketones (excluding diaryl/α,β-unsaturated/α-hetero) is 1. The summed E-state index contributed by atoms with van der Waals surface area (Å²) in [5.41, 5.74) is 10.1.